The van der Waals surface area contributed by atoms with E-state index in [2.05, 4.69) is 26.1 Å². The van der Waals surface area contributed by atoms with Crippen LogP contribution in [0.2, 0.25) is 0 Å². The molecule has 0 bridgehead atoms. The van der Waals surface area contributed by atoms with Gasteiger partial charge in [-0.1, -0.05) is 78.6 Å². The number of nitrogens with one attached hydrogen (secondary N) is 1. The lowest BCUT2D eigenvalue weighted by atomic mass is 9.75. The number of hydrogen-bond donors (Lipinski definition) is 1. The van der Waals surface area contributed by atoms with E-state index in [4.69, 9.17) is 0 Å². The van der Waals surface area contributed by atoms with Gasteiger partial charge in [-0.3, -0.25) is 0 Å². The summed E-state index contributed by atoms with van der Waals surface area (Å²) in [7, 11) is 0. The molecule has 0 saturated heterocycles. The minimum absolute atomic E-state index is 0.806. The van der Waals surface area contributed by atoms with Gasteiger partial charge in [-0.15, -0.1) is 0 Å². The molecule has 0 amide bonds. The van der Waals surface area contributed by atoms with Crippen LogP contribution in [0.5, 0.6) is 0 Å². The Morgan fingerprint density at radius 3 is 2.40 bits per heavy atom. The lowest BCUT2D eigenvalue weighted by molar-refractivity contribution is 0.200. The van der Waals surface area contributed by atoms with Crippen LogP contribution in [0.3, 0.4) is 0 Å². The largest absolute Gasteiger partial charge is 0.314 e. The van der Waals surface area contributed by atoms with Crippen molar-refractivity contribution in [3.05, 3.63) is 0 Å². The molecular formula is C19H39N. The van der Waals surface area contributed by atoms with E-state index in [1.807, 2.05) is 0 Å². The first-order valence-electron chi connectivity index (χ1n) is 9.55. The molecule has 1 N–H and O–H groups in total. The number of hydrogen-bond acceptors (Lipinski definition) is 1. The maximum absolute atomic E-state index is 3.80. The van der Waals surface area contributed by atoms with Crippen LogP contribution in [0.25, 0.3) is 0 Å². The molecule has 0 aliphatic heterocycles. The van der Waals surface area contributed by atoms with Gasteiger partial charge < -0.3 is 5.32 Å². The Labute approximate surface area is 128 Å². The topological polar surface area (TPSA) is 12.0 Å². The molecule has 0 aromatic rings. The predicted octanol–water partition coefficient (Wildman–Crippen LogP) is 5.93. The molecule has 1 aliphatic rings. The second-order valence-electron chi connectivity index (χ2n) is 6.92. The van der Waals surface area contributed by atoms with Crippen molar-refractivity contribution in [3.63, 3.8) is 0 Å². The first-order chi connectivity index (χ1) is 9.81. The van der Waals surface area contributed by atoms with Crippen molar-refractivity contribution in [1.82, 2.24) is 5.32 Å². The van der Waals surface area contributed by atoms with E-state index in [1.54, 1.807) is 0 Å². The van der Waals surface area contributed by atoms with Crippen LogP contribution in [0.4, 0.5) is 0 Å². The fourth-order valence-corrected chi connectivity index (χ4v) is 3.98. The molecule has 1 rings (SSSR count). The molecule has 120 valence electrons. The third kappa shape index (κ3) is 7.11. The highest BCUT2D eigenvalue weighted by Gasteiger charge is 2.26. The SMILES string of the molecule is CCCCCCCCC(NCC)C1CCCC(CC)C1. The van der Waals surface area contributed by atoms with Crippen LogP contribution in [-0.4, -0.2) is 12.6 Å². The summed E-state index contributed by atoms with van der Waals surface area (Å²) in [5.41, 5.74) is 0. The fraction of sp³-hybridized carbons (Fsp3) is 1.00. The average Bonchev–Trinajstić information content (AvgIpc) is 2.49. The summed E-state index contributed by atoms with van der Waals surface area (Å²) >= 11 is 0. The third-order valence-electron chi connectivity index (χ3n) is 5.30. The third-order valence-corrected chi connectivity index (χ3v) is 5.30. The highest BCUT2D eigenvalue weighted by molar-refractivity contribution is 4.82. The van der Waals surface area contributed by atoms with Crippen molar-refractivity contribution in [2.45, 2.75) is 104 Å². The van der Waals surface area contributed by atoms with Gasteiger partial charge in [0.25, 0.3) is 0 Å². The van der Waals surface area contributed by atoms with Gasteiger partial charge in [0.2, 0.25) is 0 Å². The van der Waals surface area contributed by atoms with Gasteiger partial charge in [0, 0.05) is 6.04 Å². The number of unbranched alkanes of at least 4 members (excludes halogenated alkanes) is 5. The summed E-state index contributed by atoms with van der Waals surface area (Å²) in [6.07, 6.45) is 17.3. The Morgan fingerprint density at radius 2 is 1.70 bits per heavy atom. The van der Waals surface area contributed by atoms with Gasteiger partial charge in [0.1, 0.15) is 0 Å². The molecular weight excluding hydrogens is 242 g/mol. The number of rotatable bonds is 11. The smallest absolute Gasteiger partial charge is 0.00953 e. The molecule has 1 fully saturated rings. The lowest BCUT2D eigenvalue weighted by Crippen LogP contribution is -2.38. The van der Waals surface area contributed by atoms with Crippen LogP contribution in [0.15, 0.2) is 0 Å². The molecule has 0 spiro atoms. The molecule has 1 heteroatoms. The van der Waals surface area contributed by atoms with E-state index in [1.165, 1.54) is 77.0 Å². The molecule has 0 radical (unpaired) electrons. The van der Waals surface area contributed by atoms with Gasteiger partial charge in [-0.2, -0.15) is 0 Å². The first kappa shape index (κ1) is 18.0. The zero-order valence-corrected chi connectivity index (χ0v) is 14.4. The van der Waals surface area contributed by atoms with Crippen LogP contribution in [-0.2, 0) is 0 Å². The fourth-order valence-electron chi connectivity index (χ4n) is 3.98. The second-order valence-corrected chi connectivity index (χ2v) is 6.92. The Bertz CT molecular complexity index is 214. The highest BCUT2D eigenvalue weighted by Crippen LogP contribution is 2.34. The normalized spacial score (nSPS) is 24.8. The molecule has 20 heavy (non-hydrogen) atoms. The van der Waals surface area contributed by atoms with E-state index in [-0.39, 0.29) is 0 Å². The summed E-state index contributed by atoms with van der Waals surface area (Å²) in [5, 5.41) is 3.80. The predicted molar refractivity (Wildman–Crippen MR) is 91.2 cm³/mol. The summed E-state index contributed by atoms with van der Waals surface area (Å²) < 4.78 is 0. The lowest BCUT2D eigenvalue weighted by Gasteiger charge is -2.35. The van der Waals surface area contributed by atoms with E-state index < -0.39 is 0 Å². The van der Waals surface area contributed by atoms with Gasteiger partial charge in [-0.05, 0) is 37.6 Å². The molecule has 1 saturated carbocycles. The monoisotopic (exact) mass is 281 g/mol. The Hall–Kier alpha value is -0.0400. The Kier molecular flexibility index (Phi) is 10.4. The van der Waals surface area contributed by atoms with Crippen molar-refractivity contribution in [1.29, 1.82) is 0 Å². The molecule has 1 nitrogen and oxygen atoms in total. The van der Waals surface area contributed by atoms with E-state index in [9.17, 15) is 0 Å². The Balaban J connectivity index is 2.24. The minimum Gasteiger partial charge on any atom is -0.314 e. The molecule has 3 unspecified atom stereocenters. The molecule has 3 atom stereocenters. The molecule has 0 aromatic heterocycles. The second kappa shape index (κ2) is 11.6. The van der Waals surface area contributed by atoms with Crippen molar-refractivity contribution in [2.24, 2.45) is 11.8 Å². The highest BCUT2D eigenvalue weighted by atomic mass is 14.9. The summed E-state index contributed by atoms with van der Waals surface area (Å²) in [6, 6.07) is 0.806. The van der Waals surface area contributed by atoms with Gasteiger partial charge in [-0.25, -0.2) is 0 Å². The summed E-state index contributed by atoms with van der Waals surface area (Å²) in [6.45, 7) is 8.10. The minimum atomic E-state index is 0.806. The quantitative estimate of drug-likeness (QED) is 0.463. The van der Waals surface area contributed by atoms with Crippen LogP contribution in [0.1, 0.15) is 97.8 Å². The zero-order chi connectivity index (χ0) is 14.6. The average molecular weight is 282 g/mol. The van der Waals surface area contributed by atoms with Crippen molar-refractivity contribution >= 4 is 0 Å². The summed E-state index contributed by atoms with van der Waals surface area (Å²) in [5.74, 6) is 1.98. The Morgan fingerprint density at radius 1 is 0.950 bits per heavy atom. The maximum atomic E-state index is 3.80. The first-order valence-corrected chi connectivity index (χ1v) is 9.55. The van der Waals surface area contributed by atoms with Crippen molar-refractivity contribution < 1.29 is 0 Å². The molecule has 1 aliphatic carbocycles. The van der Waals surface area contributed by atoms with Crippen LogP contribution >= 0.6 is 0 Å². The molecule has 0 heterocycles. The van der Waals surface area contributed by atoms with Gasteiger partial charge in [0.05, 0.1) is 0 Å². The van der Waals surface area contributed by atoms with Gasteiger partial charge >= 0.3 is 0 Å². The van der Waals surface area contributed by atoms with Gasteiger partial charge in [0.15, 0.2) is 0 Å². The molecule has 0 aromatic carbocycles. The van der Waals surface area contributed by atoms with E-state index in [0.29, 0.717) is 0 Å². The van der Waals surface area contributed by atoms with Crippen molar-refractivity contribution in [2.75, 3.05) is 6.54 Å². The zero-order valence-electron chi connectivity index (χ0n) is 14.4. The van der Waals surface area contributed by atoms with Crippen LogP contribution < -0.4 is 5.32 Å². The van der Waals surface area contributed by atoms with E-state index in [0.717, 1.165) is 24.4 Å². The van der Waals surface area contributed by atoms with Crippen LogP contribution in [0, 0.1) is 11.8 Å². The standard InChI is InChI=1S/C19H39N/c1-4-7-8-9-10-11-15-19(20-6-3)18-14-12-13-17(5-2)16-18/h17-20H,4-16H2,1-3H3. The summed E-state index contributed by atoms with van der Waals surface area (Å²) in [4.78, 5) is 0. The maximum Gasteiger partial charge on any atom is 0.00953 e. The van der Waals surface area contributed by atoms with Crippen molar-refractivity contribution in [3.8, 4) is 0 Å². The van der Waals surface area contributed by atoms with E-state index >= 15 is 0 Å².